The second kappa shape index (κ2) is 8.73. The molecule has 0 spiro atoms. The highest BCUT2D eigenvalue weighted by Gasteiger charge is 2.23. The standard InChI is InChI=1S/C37H22N2O/c1-38-32-19-17-26(24-9-3-2-4-10-24)22-30(32)28-12-7-11-25(21-28)27-18-20-33-31(23-27)29-13-8-16-36-37(29)39(33)34-14-5-6-15-35(34)40-36/h2-23H. The molecule has 1 aliphatic heterocycles. The van der Waals surface area contributed by atoms with Crippen LogP contribution >= 0.6 is 0 Å². The van der Waals surface area contributed by atoms with E-state index in [0.29, 0.717) is 5.69 Å². The van der Waals surface area contributed by atoms with Crippen LogP contribution in [0.3, 0.4) is 0 Å². The average molecular weight is 511 g/mol. The number of fused-ring (bicyclic) bond motifs is 5. The third kappa shape index (κ3) is 3.37. The van der Waals surface area contributed by atoms with Gasteiger partial charge < -0.3 is 9.30 Å². The van der Waals surface area contributed by atoms with Gasteiger partial charge in [-0.25, -0.2) is 4.85 Å². The Morgan fingerprint density at radius 2 is 1.23 bits per heavy atom. The lowest BCUT2D eigenvalue weighted by molar-refractivity contribution is 0.476. The largest absolute Gasteiger partial charge is 0.453 e. The van der Waals surface area contributed by atoms with Crippen molar-refractivity contribution in [3.8, 4) is 50.6 Å². The zero-order valence-electron chi connectivity index (χ0n) is 21.5. The van der Waals surface area contributed by atoms with E-state index in [2.05, 4.69) is 94.3 Å². The Morgan fingerprint density at radius 1 is 0.525 bits per heavy atom. The Morgan fingerprint density at radius 3 is 2.12 bits per heavy atom. The summed E-state index contributed by atoms with van der Waals surface area (Å²) in [6.45, 7) is 7.80. The van der Waals surface area contributed by atoms with Crippen LogP contribution in [0.5, 0.6) is 11.5 Å². The van der Waals surface area contributed by atoms with Gasteiger partial charge in [-0.15, -0.1) is 0 Å². The van der Waals surface area contributed by atoms with Crippen LogP contribution in [0.15, 0.2) is 133 Å². The monoisotopic (exact) mass is 510 g/mol. The van der Waals surface area contributed by atoms with E-state index in [1.807, 2.05) is 48.5 Å². The summed E-state index contributed by atoms with van der Waals surface area (Å²) < 4.78 is 8.59. The second-order valence-electron chi connectivity index (χ2n) is 10.1. The summed E-state index contributed by atoms with van der Waals surface area (Å²) in [5, 5.41) is 2.36. The molecule has 3 heteroatoms. The minimum absolute atomic E-state index is 0.653. The van der Waals surface area contributed by atoms with Crippen LogP contribution in [0, 0.1) is 6.57 Å². The summed E-state index contributed by atoms with van der Waals surface area (Å²) in [7, 11) is 0. The highest BCUT2D eigenvalue weighted by atomic mass is 16.5. The van der Waals surface area contributed by atoms with E-state index in [1.165, 1.54) is 10.8 Å². The summed E-state index contributed by atoms with van der Waals surface area (Å²) in [5.41, 5.74) is 10.4. The molecular weight excluding hydrogens is 488 g/mol. The quantitative estimate of drug-likeness (QED) is 0.216. The maximum atomic E-state index is 7.80. The molecule has 0 fully saturated rings. The molecule has 0 unspecified atom stereocenters. The van der Waals surface area contributed by atoms with Gasteiger partial charge in [0.15, 0.2) is 17.2 Å². The van der Waals surface area contributed by atoms with Crippen LogP contribution in [0.4, 0.5) is 5.69 Å². The van der Waals surface area contributed by atoms with Crippen molar-refractivity contribution < 1.29 is 4.74 Å². The fourth-order valence-corrected chi connectivity index (χ4v) is 5.94. The molecule has 0 bridgehead atoms. The van der Waals surface area contributed by atoms with Gasteiger partial charge in [-0.05, 0) is 69.8 Å². The van der Waals surface area contributed by atoms with Gasteiger partial charge in [0, 0.05) is 10.8 Å². The Balaban J connectivity index is 1.29. The van der Waals surface area contributed by atoms with Crippen molar-refractivity contribution in [2.45, 2.75) is 0 Å². The van der Waals surface area contributed by atoms with Crippen molar-refractivity contribution in [3.05, 3.63) is 145 Å². The number of rotatable bonds is 3. The molecular formula is C37H22N2O. The van der Waals surface area contributed by atoms with Gasteiger partial charge in [0.25, 0.3) is 0 Å². The van der Waals surface area contributed by atoms with Crippen LogP contribution in [-0.2, 0) is 0 Å². The van der Waals surface area contributed by atoms with E-state index in [9.17, 15) is 0 Å². The Hall–Kier alpha value is -5.59. The van der Waals surface area contributed by atoms with E-state index >= 15 is 0 Å². The average Bonchev–Trinajstić information content (AvgIpc) is 3.36. The summed E-state index contributed by atoms with van der Waals surface area (Å²) in [4.78, 5) is 3.84. The van der Waals surface area contributed by atoms with E-state index in [0.717, 1.165) is 61.6 Å². The normalized spacial score (nSPS) is 11.7. The number of hydrogen-bond acceptors (Lipinski definition) is 1. The van der Waals surface area contributed by atoms with Crippen molar-refractivity contribution in [3.63, 3.8) is 0 Å². The second-order valence-corrected chi connectivity index (χ2v) is 10.1. The Labute approximate surface area is 232 Å². The predicted octanol–water partition coefficient (Wildman–Crippen LogP) is 10.4. The van der Waals surface area contributed by atoms with E-state index < -0.39 is 0 Å². The zero-order chi connectivity index (χ0) is 26.6. The molecule has 3 nitrogen and oxygen atoms in total. The first-order valence-electron chi connectivity index (χ1n) is 13.3. The molecule has 0 atom stereocenters. The maximum absolute atomic E-state index is 7.80. The van der Waals surface area contributed by atoms with Crippen LogP contribution in [0.2, 0.25) is 0 Å². The lowest BCUT2D eigenvalue weighted by Gasteiger charge is -2.20. The van der Waals surface area contributed by atoms with Crippen molar-refractivity contribution in [1.29, 1.82) is 0 Å². The lowest BCUT2D eigenvalue weighted by atomic mass is 9.94. The molecule has 1 aromatic heterocycles. The number of nitrogens with zero attached hydrogens (tertiary/aromatic N) is 2. The maximum Gasteiger partial charge on any atom is 0.194 e. The van der Waals surface area contributed by atoms with Crippen LogP contribution in [0.25, 0.3) is 65.7 Å². The van der Waals surface area contributed by atoms with Gasteiger partial charge in [-0.3, -0.25) is 0 Å². The lowest BCUT2D eigenvalue weighted by Crippen LogP contribution is -2.03. The van der Waals surface area contributed by atoms with Gasteiger partial charge in [0.2, 0.25) is 0 Å². The minimum atomic E-state index is 0.653. The first-order valence-corrected chi connectivity index (χ1v) is 13.3. The van der Waals surface area contributed by atoms with Crippen LogP contribution in [-0.4, -0.2) is 4.57 Å². The molecule has 0 aliphatic carbocycles. The molecule has 1 aliphatic rings. The number of para-hydroxylation sites is 3. The molecule has 7 aromatic rings. The van der Waals surface area contributed by atoms with Crippen molar-refractivity contribution in [2.75, 3.05) is 0 Å². The van der Waals surface area contributed by atoms with Gasteiger partial charge in [0.05, 0.1) is 23.3 Å². The number of benzene rings is 6. The first-order chi connectivity index (χ1) is 19.8. The van der Waals surface area contributed by atoms with Gasteiger partial charge in [-0.2, -0.15) is 0 Å². The van der Waals surface area contributed by atoms with Crippen LogP contribution < -0.4 is 4.74 Å². The van der Waals surface area contributed by atoms with E-state index in [4.69, 9.17) is 11.3 Å². The molecule has 40 heavy (non-hydrogen) atoms. The molecule has 0 N–H and O–H groups in total. The molecule has 8 rings (SSSR count). The fraction of sp³-hybridized carbons (Fsp3) is 0. The number of ether oxygens (including phenoxy) is 1. The fourth-order valence-electron chi connectivity index (χ4n) is 5.94. The van der Waals surface area contributed by atoms with Crippen LogP contribution in [0.1, 0.15) is 0 Å². The highest BCUT2D eigenvalue weighted by Crippen LogP contribution is 2.46. The Kier molecular flexibility index (Phi) is 4.89. The third-order valence-corrected chi connectivity index (χ3v) is 7.81. The smallest absolute Gasteiger partial charge is 0.194 e. The molecule has 186 valence electrons. The summed E-state index contributed by atoms with van der Waals surface area (Å²) in [5.74, 6) is 1.74. The number of aromatic nitrogens is 1. The van der Waals surface area contributed by atoms with E-state index in [1.54, 1.807) is 0 Å². The molecule has 0 saturated carbocycles. The summed E-state index contributed by atoms with van der Waals surface area (Å²) in [6.07, 6.45) is 0. The first kappa shape index (κ1) is 22.4. The molecule has 6 aromatic carbocycles. The minimum Gasteiger partial charge on any atom is -0.453 e. The zero-order valence-corrected chi connectivity index (χ0v) is 21.5. The van der Waals surface area contributed by atoms with Gasteiger partial charge >= 0.3 is 0 Å². The number of hydrogen-bond donors (Lipinski definition) is 0. The van der Waals surface area contributed by atoms with E-state index in [-0.39, 0.29) is 0 Å². The Bertz CT molecular complexity index is 2150. The third-order valence-electron chi connectivity index (χ3n) is 7.81. The summed E-state index contributed by atoms with van der Waals surface area (Å²) >= 11 is 0. The predicted molar refractivity (Wildman–Crippen MR) is 163 cm³/mol. The molecule has 0 amide bonds. The summed E-state index contributed by atoms with van der Waals surface area (Å²) in [6, 6.07) is 46.1. The van der Waals surface area contributed by atoms with Gasteiger partial charge in [0.1, 0.15) is 0 Å². The van der Waals surface area contributed by atoms with Crippen molar-refractivity contribution >= 4 is 27.5 Å². The SMILES string of the molecule is [C-]#[N+]c1ccc(-c2ccccc2)cc1-c1cccc(-c2ccc3c(c2)c2cccc4c2n3-c2ccccc2O4)c1. The molecule has 2 heterocycles. The molecule has 0 radical (unpaired) electrons. The highest BCUT2D eigenvalue weighted by molar-refractivity contribution is 6.13. The van der Waals surface area contributed by atoms with Crippen molar-refractivity contribution in [1.82, 2.24) is 4.57 Å². The van der Waals surface area contributed by atoms with Crippen molar-refractivity contribution in [2.24, 2.45) is 0 Å². The molecule has 0 saturated heterocycles. The van der Waals surface area contributed by atoms with Gasteiger partial charge in [-0.1, -0.05) is 97.1 Å². The topological polar surface area (TPSA) is 18.5 Å².